The Kier molecular flexibility index (Phi) is 3.04. The highest BCUT2D eigenvalue weighted by atomic mass is 15.3. The highest BCUT2D eigenvalue weighted by Gasteiger charge is 2.09. The van der Waals surface area contributed by atoms with Gasteiger partial charge in [-0.05, 0) is 29.5 Å². The van der Waals surface area contributed by atoms with Crippen LogP contribution >= 0.6 is 0 Å². The summed E-state index contributed by atoms with van der Waals surface area (Å²) < 4.78 is 1.77. The van der Waals surface area contributed by atoms with Crippen LogP contribution in [0.1, 0.15) is 32.3 Å². The second-order valence-corrected chi connectivity index (χ2v) is 4.46. The van der Waals surface area contributed by atoms with E-state index in [2.05, 4.69) is 55.1 Å². The Labute approximate surface area is 96.1 Å². The van der Waals surface area contributed by atoms with E-state index in [1.54, 1.807) is 17.3 Å². The van der Waals surface area contributed by atoms with E-state index in [0.29, 0.717) is 11.8 Å². The zero-order valence-corrected chi connectivity index (χ0v) is 9.96. The number of aromatic nitrogens is 3. The standard InChI is InChI=1S/C13H17N3/c1-10(2)11(3)12-4-6-13(7-5-12)16-9-14-8-15-16/h4-11H,1-3H3. The van der Waals surface area contributed by atoms with Crippen molar-refractivity contribution >= 4 is 0 Å². The molecule has 0 fully saturated rings. The van der Waals surface area contributed by atoms with Gasteiger partial charge in [0.25, 0.3) is 0 Å². The second-order valence-electron chi connectivity index (χ2n) is 4.46. The van der Waals surface area contributed by atoms with E-state index in [0.717, 1.165) is 5.69 Å². The van der Waals surface area contributed by atoms with Crippen LogP contribution in [0.4, 0.5) is 0 Å². The minimum atomic E-state index is 0.588. The SMILES string of the molecule is CC(C)C(C)c1ccc(-n2cncn2)cc1. The Morgan fingerprint density at radius 2 is 1.75 bits per heavy atom. The maximum absolute atomic E-state index is 4.10. The molecule has 0 N–H and O–H groups in total. The lowest BCUT2D eigenvalue weighted by molar-refractivity contribution is 0.535. The maximum atomic E-state index is 4.10. The van der Waals surface area contributed by atoms with Crippen molar-refractivity contribution in [3.8, 4) is 5.69 Å². The van der Waals surface area contributed by atoms with Crippen LogP contribution in [0.3, 0.4) is 0 Å². The molecule has 2 rings (SSSR count). The molecule has 0 amide bonds. The van der Waals surface area contributed by atoms with Gasteiger partial charge in [-0.15, -0.1) is 0 Å². The van der Waals surface area contributed by atoms with Gasteiger partial charge in [0.1, 0.15) is 12.7 Å². The largest absolute Gasteiger partial charge is 0.223 e. The molecule has 0 aliphatic carbocycles. The summed E-state index contributed by atoms with van der Waals surface area (Å²) in [5, 5.41) is 4.10. The van der Waals surface area contributed by atoms with Crippen molar-refractivity contribution in [3.05, 3.63) is 42.5 Å². The van der Waals surface area contributed by atoms with Crippen molar-refractivity contribution in [1.29, 1.82) is 0 Å². The quantitative estimate of drug-likeness (QED) is 0.788. The summed E-state index contributed by atoms with van der Waals surface area (Å²) in [5.74, 6) is 1.25. The van der Waals surface area contributed by atoms with Gasteiger partial charge in [-0.2, -0.15) is 5.10 Å². The molecule has 1 aromatic heterocycles. The molecule has 1 unspecified atom stereocenters. The molecule has 3 nitrogen and oxygen atoms in total. The molecule has 0 saturated heterocycles. The number of benzene rings is 1. The molecule has 0 saturated carbocycles. The number of hydrogen-bond acceptors (Lipinski definition) is 2. The van der Waals surface area contributed by atoms with Crippen LogP contribution in [0.2, 0.25) is 0 Å². The number of rotatable bonds is 3. The van der Waals surface area contributed by atoms with Gasteiger partial charge in [-0.3, -0.25) is 0 Å². The van der Waals surface area contributed by atoms with Crippen LogP contribution < -0.4 is 0 Å². The molecule has 0 aliphatic rings. The first kappa shape index (κ1) is 10.9. The molecule has 3 heteroatoms. The zero-order valence-electron chi connectivity index (χ0n) is 9.96. The highest BCUT2D eigenvalue weighted by molar-refractivity contribution is 5.34. The molecule has 2 aromatic rings. The fourth-order valence-electron chi connectivity index (χ4n) is 1.66. The fraction of sp³-hybridized carbons (Fsp3) is 0.385. The Hall–Kier alpha value is -1.64. The first-order valence-electron chi connectivity index (χ1n) is 5.63. The third kappa shape index (κ3) is 2.13. The second kappa shape index (κ2) is 4.47. The predicted molar refractivity (Wildman–Crippen MR) is 64.6 cm³/mol. The third-order valence-electron chi connectivity index (χ3n) is 3.10. The van der Waals surface area contributed by atoms with E-state index >= 15 is 0 Å². The van der Waals surface area contributed by atoms with E-state index in [9.17, 15) is 0 Å². The molecular formula is C13H17N3. The Morgan fingerprint density at radius 1 is 1.06 bits per heavy atom. The molecule has 16 heavy (non-hydrogen) atoms. The summed E-state index contributed by atoms with van der Waals surface area (Å²) >= 11 is 0. The maximum Gasteiger partial charge on any atom is 0.138 e. The molecular weight excluding hydrogens is 198 g/mol. The highest BCUT2D eigenvalue weighted by Crippen LogP contribution is 2.24. The summed E-state index contributed by atoms with van der Waals surface area (Å²) in [6.07, 6.45) is 3.26. The van der Waals surface area contributed by atoms with Gasteiger partial charge in [-0.1, -0.05) is 32.9 Å². The average Bonchev–Trinajstić information content (AvgIpc) is 2.81. The normalized spacial score (nSPS) is 13.0. The summed E-state index contributed by atoms with van der Waals surface area (Å²) in [5.41, 5.74) is 2.43. The summed E-state index contributed by atoms with van der Waals surface area (Å²) in [6.45, 7) is 6.75. The summed E-state index contributed by atoms with van der Waals surface area (Å²) in [7, 11) is 0. The van der Waals surface area contributed by atoms with Crippen LogP contribution in [-0.2, 0) is 0 Å². The lowest BCUT2D eigenvalue weighted by atomic mass is 9.90. The summed E-state index contributed by atoms with van der Waals surface area (Å²) in [4.78, 5) is 3.94. The van der Waals surface area contributed by atoms with Gasteiger partial charge >= 0.3 is 0 Å². The van der Waals surface area contributed by atoms with Crippen molar-refractivity contribution in [2.75, 3.05) is 0 Å². The van der Waals surface area contributed by atoms with Crippen molar-refractivity contribution < 1.29 is 0 Å². The summed E-state index contributed by atoms with van der Waals surface area (Å²) in [6, 6.07) is 8.51. The minimum Gasteiger partial charge on any atom is -0.223 e. The Morgan fingerprint density at radius 3 is 2.25 bits per heavy atom. The van der Waals surface area contributed by atoms with Gasteiger partial charge < -0.3 is 0 Å². The van der Waals surface area contributed by atoms with E-state index < -0.39 is 0 Å². The van der Waals surface area contributed by atoms with Gasteiger partial charge in [0.15, 0.2) is 0 Å². The predicted octanol–water partition coefficient (Wildman–Crippen LogP) is 3.03. The Balaban J connectivity index is 2.23. The van der Waals surface area contributed by atoms with Crippen LogP contribution in [0.5, 0.6) is 0 Å². The van der Waals surface area contributed by atoms with Gasteiger partial charge in [-0.25, -0.2) is 9.67 Å². The molecule has 0 aliphatic heterocycles. The lowest BCUT2D eigenvalue weighted by Gasteiger charge is -2.16. The molecule has 1 aromatic carbocycles. The van der Waals surface area contributed by atoms with Crippen LogP contribution in [0, 0.1) is 5.92 Å². The lowest BCUT2D eigenvalue weighted by Crippen LogP contribution is -2.02. The monoisotopic (exact) mass is 215 g/mol. The van der Waals surface area contributed by atoms with Gasteiger partial charge in [0.05, 0.1) is 5.69 Å². The van der Waals surface area contributed by atoms with Gasteiger partial charge in [0.2, 0.25) is 0 Å². The van der Waals surface area contributed by atoms with E-state index in [4.69, 9.17) is 0 Å². The first-order valence-corrected chi connectivity index (χ1v) is 5.63. The minimum absolute atomic E-state index is 0.588. The molecule has 0 radical (unpaired) electrons. The van der Waals surface area contributed by atoms with Crippen LogP contribution in [-0.4, -0.2) is 14.8 Å². The first-order chi connectivity index (χ1) is 7.68. The smallest absolute Gasteiger partial charge is 0.138 e. The van der Waals surface area contributed by atoms with Crippen molar-refractivity contribution in [1.82, 2.24) is 14.8 Å². The molecule has 0 bridgehead atoms. The Bertz CT molecular complexity index is 429. The zero-order chi connectivity index (χ0) is 11.5. The van der Waals surface area contributed by atoms with E-state index in [1.165, 1.54) is 5.56 Å². The topological polar surface area (TPSA) is 30.7 Å². The van der Waals surface area contributed by atoms with E-state index in [1.807, 2.05) is 0 Å². The average molecular weight is 215 g/mol. The fourth-order valence-corrected chi connectivity index (χ4v) is 1.66. The van der Waals surface area contributed by atoms with Crippen molar-refractivity contribution in [3.63, 3.8) is 0 Å². The molecule has 84 valence electrons. The number of hydrogen-bond donors (Lipinski definition) is 0. The van der Waals surface area contributed by atoms with Crippen molar-refractivity contribution in [2.24, 2.45) is 5.92 Å². The van der Waals surface area contributed by atoms with Crippen LogP contribution in [0.15, 0.2) is 36.9 Å². The molecule has 1 heterocycles. The van der Waals surface area contributed by atoms with Gasteiger partial charge in [0, 0.05) is 0 Å². The van der Waals surface area contributed by atoms with E-state index in [-0.39, 0.29) is 0 Å². The molecule has 0 spiro atoms. The van der Waals surface area contributed by atoms with Crippen LogP contribution in [0.25, 0.3) is 5.69 Å². The third-order valence-corrected chi connectivity index (χ3v) is 3.10. The molecule has 1 atom stereocenters. The number of nitrogens with zero attached hydrogens (tertiary/aromatic N) is 3. The van der Waals surface area contributed by atoms with Crippen molar-refractivity contribution in [2.45, 2.75) is 26.7 Å².